The molecule has 10 aromatic carbocycles. The summed E-state index contributed by atoms with van der Waals surface area (Å²) >= 11 is 0. The zero-order valence-corrected chi connectivity index (χ0v) is 35.9. The Hall–Kier alpha value is -9.31. The zero-order valence-electron chi connectivity index (χ0n) is 35.9. The van der Waals surface area contributed by atoms with E-state index in [0.717, 1.165) is 115 Å². The number of aromatic nitrogens is 4. The van der Waals surface area contributed by atoms with Crippen molar-refractivity contribution in [2.75, 3.05) is 0 Å². The standard InChI is InChI=1S/C61H35N5O/c62-36-43-27-29-45(46-17-5-4-16-44(43)46)37-23-25-38(26-24-37)52-35-53-48-19-7-6-18-47(48)51(34-54(53)50-21-11-31-63-58(50)52)40-14-10-15-41(32-40)60-64-59(39-12-2-1-3-13-39)65-61(66-60)42-28-30-57-55(33-42)49-20-8-9-22-56(49)67-57/h1-35H. The van der Waals surface area contributed by atoms with Crippen molar-refractivity contribution in [3.63, 3.8) is 0 Å². The molecule has 0 aliphatic carbocycles. The Morgan fingerprint density at radius 3 is 1.66 bits per heavy atom. The molecule has 0 aliphatic heterocycles. The largest absolute Gasteiger partial charge is 0.456 e. The Balaban J connectivity index is 0.942. The maximum Gasteiger partial charge on any atom is 0.164 e. The SMILES string of the molecule is N#Cc1ccc(-c2ccc(-c3cc4c5ccccc5c(-c5cccc(-c6nc(-c7ccccc7)nc(-c7ccc8oc9ccccc9c8c7)n6)c5)cc4c4cccnc34)cc2)c2ccccc12. The number of hydrogen-bond donors (Lipinski definition) is 0. The number of benzene rings is 10. The number of rotatable bonds is 6. The van der Waals surface area contributed by atoms with Crippen LogP contribution in [0, 0.1) is 11.3 Å². The lowest BCUT2D eigenvalue weighted by Crippen LogP contribution is -2.00. The third-order valence-corrected chi connectivity index (χ3v) is 13.0. The van der Waals surface area contributed by atoms with Crippen molar-refractivity contribution in [1.82, 2.24) is 19.9 Å². The summed E-state index contributed by atoms with van der Waals surface area (Å²) in [6.07, 6.45) is 1.88. The second-order valence-electron chi connectivity index (χ2n) is 16.8. The van der Waals surface area contributed by atoms with Gasteiger partial charge in [0.2, 0.25) is 0 Å². The van der Waals surface area contributed by atoms with Gasteiger partial charge in [0.1, 0.15) is 11.2 Å². The van der Waals surface area contributed by atoms with Gasteiger partial charge in [0.25, 0.3) is 0 Å². The van der Waals surface area contributed by atoms with Gasteiger partial charge in [-0.25, -0.2) is 15.0 Å². The van der Waals surface area contributed by atoms with Gasteiger partial charge in [0.05, 0.1) is 17.1 Å². The van der Waals surface area contributed by atoms with Crippen molar-refractivity contribution in [1.29, 1.82) is 5.26 Å². The van der Waals surface area contributed by atoms with Crippen molar-refractivity contribution in [3.8, 4) is 73.6 Å². The van der Waals surface area contributed by atoms with Crippen LogP contribution in [0.3, 0.4) is 0 Å². The van der Waals surface area contributed by atoms with E-state index in [1.807, 2.05) is 97.2 Å². The number of fused-ring (bicyclic) bond motifs is 9. The first kappa shape index (κ1) is 38.2. The molecule has 310 valence electrons. The molecule has 67 heavy (non-hydrogen) atoms. The molecule has 0 saturated heterocycles. The van der Waals surface area contributed by atoms with Crippen LogP contribution in [0.2, 0.25) is 0 Å². The lowest BCUT2D eigenvalue weighted by atomic mass is 9.88. The van der Waals surface area contributed by atoms with Crippen LogP contribution >= 0.6 is 0 Å². The number of furan rings is 1. The van der Waals surface area contributed by atoms with E-state index >= 15 is 0 Å². The van der Waals surface area contributed by atoms with Gasteiger partial charge in [-0.1, -0.05) is 152 Å². The zero-order chi connectivity index (χ0) is 44.4. The third-order valence-electron chi connectivity index (χ3n) is 13.0. The van der Waals surface area contributed by atoms with Crippen molar-refractivity contribution >= 4 is 65.2 Å². The minimum Gasteiger partial charge on any atom is -0.456 e. The molecule has 0 spiro atoms. The number of hydrogen-bond acceptors (Lipinski definition) is 6. The van der Waals surface area contributed by atoms with E-state index in [1.165, 1.54) is 0 Å². The predicted octanol–water partition coefficient (Wildman–Crippen LogP) is 15.7. The fourth-order valence-electron chi connectivity index (χ4n) is 9.80. The lowest BCUT2D eigenvalue weighted by molar-refractivity contribution is 0.669. The second-order valence-corrected chi connectivity index (χ2v) is 16.8. The summed E-state index contributed by atoms with van der Waals surface area (Å²) in [6, 6.07) is 73.5. The van der Waals surface area contributed by atoms with Gasteiger partial charge in [0.15, 0.2) is 17.5 Å². The van der Waals surface area contributed by atoms with Crippen LogP contribution in [0.15, 0.2) is 217 Å². The van der Waals surface area contributed by atoms with Crippen LogP contribution in [0.5, 0.6) is 0 Å². The minimum atomic E-state index is 0.588. The van der Waals surface area contributed by atoms with Gasteiger partial charge >= 0.3 is 0 Å². The highest BCUT2D eigenvalue weighted by atomic mass is 16.3. The van der Waals surface area contributed by atoms with Crippen molar-refractivity contribution in [2.24, 2.45) is 0 Å². The van der Waals surface area contributed by atoms with Gasteiger partial charge in [-0.2, -0.15) is 5.26 Å². The molecular weight excluding hydrogens is 819 g/mol. The molecule has 0 fully saturated rings. The van der Waals surface area contributed by atoms with E-state index in [9.17, 15) is 5.26 Å². The fourth-order valence-corrected chi connectivity index (χ4v) is 9.80. The first-order valence-corrected chi connectivity index (χ1v) is 22.2. The molecule has 6 nitrogen and oxygen atoms in total. The molecule has 0 radical (unpaired) electrons. The van der Waals surface area contributed by atoms with E-state index in [2.05, 4.69) is 121 Å². The minimum absolute atomic E-state index is 0.588. The molecule has 13 rings (SSSR count). The molecule has 3 heterocycles. The normalized spacial score (nSPS) is 11.6. The summed E-state index contributed by atoms with van der Waals surface area (Å²) in [5.41, 5.74) is 12.5. The quantitative estimate of drug-likeness (QED) is 0.155. The summed E-state index contributed by atoms with van der Waals surface area (Å²) in [6.45, 7) is 0. The Morgan fingerprint density at radius 1 is 0.328 bits per heavy atom. The Morgan fingerprint density at radius 2 is 0.881 bits per heavy atom. The first-order valence-electron chi connectivity index (χ1n) is 22.2. The van der Waals surface area contributed by atoms with E-state index in [4.69, 9.17) is 24.4 Å². The summed E-state index contributed by atoms with van der Waals surface area (Å²) < 4.78 is 6.16. The van der Waals surface area contributed by atoms with E-state index in [0.29, 0.717) is 23.0 Å². The number of nitriles is 1. The van der Waals surface area contributed by atoms with Crippen LogP contribution in [0.1, 0.15) is 5.56 Å². The highest BCUT2D eigenvalue weighted by molar-refractivity contribution is 6.23. The molecule has 0 amide bonds. The molecule has 0 unspecified atom stereocenters. The van der Waals surface area contributed by atoms with E-state index in [1.54, 1.807) is 0 Å². The highest BCUT2D eigenvalue weighted by Crippen LogP contribution is 2.43. The summed E-state index contributed by atoms with van der Waals surface area (Å²) in [5.74, 6) is 1.78. The van der Waals surface area contributed by atoms with Crippen LogP contribution in [0.4, 0.5) is 0 Å². The molecule has 3 aromatic heterocycles. The summed E-state index contributed by atoms with van der Waals surface area (Å²) in [5, 5.41) is 19.5. The van der Waals surface area contributed by atoms with Gasteiger partial charge in [0, 0.05) is 50.0 Å². The molecular formula is C61H35N5O. The first-order chi connectivity index (χ1) is 33.1. The molecule has 0 aliphatic rings. The Kier molecular flexibility index (Phi) is 8.80. The lowest BCUT2D eigenvalue weighted by Gasteiger charge is -2.16. The number of pyridine rings is 1. The highest BCUT2D eigenvalue weighted by Gasteiger charge is 2.19. The fraction of sp³-hybridized carbons (Fsp3) is 0. The Bertz CT molecular complexity index is 4170. The van der Waals surface area contributed by atoms with Crippen LogP contribution in [0.25, 0.3) is 133 Å². The summed E-state index contributed by atoms with van der Waals surface area (Å²) in [7, 11) is 0. The van der Waals surface area contributed by atoms with Crippen molar-refractivity contribution in [3.05, 3.63) is 218 Å². The third kappa shape index (κ3) is 6.41. The van der Waals surface area contributed by atoms with Crippen LogP contribution in [-0.2, 0) is 0 Å². The van der Waals surface area contributed by atoms with Crippen molar-refractivity contribution in [2.45, 2.75) is 0 Å². The van der Waals surface area contributed by atoms with E-state index < -0.39 is 0 Å². The smallest absolute Gasteiger partial charge is 0.164 e. The van der Waals surface area contributed by atoms with Gasteiger partial charge in [-0.15, -0.1) is 0 Å². The second kappa shape index (κ2) is 15.4. The Labute approximate surface area is 384 Å². The van der Waals surface area contributed by atoms with Crippen molar-refractivity contribution < 1.29 is 4.42 Å². The predicted molar refractivity (Wildman–Crippen MR) is 272 cm³/mol. The molecule has 0 bridgehead atoms. The topological polar surface area (TPSA) is 88.5 Å². The van der Waals surface area contributed by atoms with Crippen LogP contribution in [-0.4, -0.2) is 19.9 Å². The molecule has 0 N–H and O–H groups in total. The van der Waals surface area contributed by atoms with E-state index in [-0.39, 0.29) is 0 Å². The average molecular weight is 854 g/mol. The van der Waals surface area contributed by atoms with Gasteiger partial charge in [-0.05, 0) is 109 Å². The van der Waals surface area contributed by atoms with Crippen LogP contribution < -0.4 is 0 Å². The van der Waals surface area contributed by atoms with Gasteiger partial charge in [-0.3, -0.25) is 4.98 Å². The average Bonchev–Trinajstić information content (AvgIpc) is 3.78. The van der Waals surface area contributed by atoms with Gasteiger partial charge < -0.3 is 4.42 Å². The molecule has 6 heteroatoms. The monoisotopic (exact) mass is 853 g/mol. The molecule has 13 aromatic rings. The summed E-state index contributed by atoms with van der Waals surface area (Å²) in [4.78, 5) is 20.3. The maximum absolute atomic E-state index is 9.77. The molecule has 0 saturated carbocycles. The maximum atomic E-state index is 9.77. The number of nitrogens with zero attached hydrogens (tertiary/aromatic N) is 5. The number of para-hydroxylation sites is 1. The molecule has 0 atom stereocenters.